The van der Waals surface area contributed by atoms with E-state index in [1.807, 2.05) is 31.2 Å². The number of rotatable bonds is 4. The predicted molar refractivity (Wildman–Crippen MR) is 66.5 cm³/mol. The second-order valence-electron chi connectivity index (χ2n) is 3.43. The fourth-order valence-corrected chi connectivity index (χ4v) is 1.43. The molecule has 3 heteroatoms. The molecule has 0 unspecified atom stereocenters. The van der Waals surface area contributed by atoms with Gasteiger partial charge in [-0.25, -0.2) is 4.79 Å². The summed E-state index contributed by atoms with van der Waals surface area (Å²) in [7, 11) is 0. The average Bonchev–Trinajstić information content (AvgIpc) is 2.28. The van der Waals surface area contributed by atoms with Gasteiger partial charge in [0.15, 0.2) is 0 Å². The summed E-state index contributed by atoms with van der Waals surface area (Å²) in [5.41, 5.74) is 2.61. The molecule has 0 saturated carbocycles. The van der Waals surface area contributed by atoms with Crippen molar-refractivity contribution >= 4 is 23.6 Å². The van der Waals surface area contributed by atoms with E-state index in [2.05, 4.69) is 0 Å². The van der Waals surface area contributed by atoms with Crippen LogP contribution in [0.4, 0.5) is 0 Å². The third-order valence-electron chi connectivity index (χ3n) is 2.10. The minimum atomic E-state index is -0.349. The number of halogens is 1. The van der Waals surface area contributed by atoms with E-state index in [0.717, 1.165) is 5.56 Å². The lowest BCUT2D eigenvalue weighted by Gasteiger charge is -2.03. The monoisotopic (exact) mass is 238 g/mol. The molecule has 1 aromatic rings. The van der Waals surface area contributed by atoms with E-state index in [1.54, 1.807) is 13.0 Å². The molecule has 0 heterocycles. The molecule has 1 aromatic carbocycles. The Labute approximate surface area is 101 Å². The van der Waals surface area contributed by atoms with Crippen molar-refractivity contribution in [3.63, 3.8) is 0 Å². The number of carbonyl (C=O) groups excluding carboxylic acids is 1. The van der Waals surface area contributed by atoms with Crippen LogP contribution in [0.1, 0.15) is 18.1 Å². The summed E-state index contributed by atoms with van der Waals surface area (Å²) in [4.78, 5) is 11.5. The van der Waals surface area contributed by atoms with Crippen molar-refractivity contribution in [2.45, 2.75) is 13.8 Å². The number of carbonyl (C=O) groups is 1. The van der Waals surface area contributed by atoms with Crippen LogP contribution in [0.25, 0.3) is 6.08 Å². The molecule has 0 aliphatic rings. The van der Waals surface area contributed by atoms with Gasteiger partial charge < -0.3 is 4.74 Å². The SMILES string of the molecule is CCOC(=O)/C(=C\c1ccc(C)cc1)CCl. The van der Waals surface area contributed by atoms with E-state index in [-0.39, 0.29) is 11.8 Å². The summed E-state index contributed by atoms with van der Waals surface area (Å²) >= 11 is 5.71. The third kappa shape index (κ3) is 3.70. The van der Waals surface area contributed by atoms with E-state index < -0.39 is 0 Å². The lowest BCUT2D eigenvalue weighted by Crippen LogP contribution is -2.08. The fourth-order valence-electron chi connectivity index (χ4n) is 1.24. The summed E-state index contributed by atoms with van der Waals surface area (Å²) in [5.74, 6) is -0.190. The van der Waals surface area contributed by atoms with Crippen LogP contribution in [0.3, 0.4) is 0 Å². The topological polar surface area (TPSA) is 26.3 Å². The Bertz CT molecular complexity index is 379. The van der Waals surface area contributed by atoms with E-state index in [1.165, 1.54) is 5.56 Å². The average molecular weight is 239 g/mol. The Balaban J connectivity index is 2.87. The largest absolute Gasteiger partial charge is 0.463 e. The smallest absolute Gasteiger partial charge is 0.335 e. The molecule has 0 N–H and O–H groups in total. The van der Waals surface area contributed by atoms with Gasteiger partial charge in [-0.15, -0.1) is 11.6 Å². The minimum Gasteiger partial charge on any atom is -0.463 e. The van der Waals surface area contributed by atoms with Crippen LogP contribution in [0.2, 0.25) is 0 Å². The lowest BCUT2D eigenvalue weighted by atomic mass is 10.1. The molecule has 0 radical (unpaired) electrons. The van der Waals surface area contributed by atoms with Crippen LogP contribution >= 0.6 is 11.6 Å². The molecule has 0 fully saturated rings. The van der Waals surface area contributed by atoms with Gasteiger partial charge in [-0.1, -0.05) is 29.8 Å². The van der Waals surface area contributed by atoms with Crippen LogP contribution in [0, 0.1) is 6.92 Å². The zero-order valence-corrected chi connectivity index (χ0v) is 10.3. The molecular formula is C13H15ClO2. The van der Waals surface area contributed by atoms with Crippen molar-refractivity contribution < 1.29 is 9.53 Å². The quantitative estimate of drug-likeness (QED) is 0.458. The van der Waals surface area contributed by atoms with Crippen molar-refractivity contribution in [3.05, 3.63) is 41.0 Å². The predicted octanol–water partition coefficient (Wildman–Crippen LogP) is 3.18. The molecule has 0 spiro atoms. The number of esters is 1. The first-order valence-corrected chi connectivity index (χ1v) is 5.71. The highest BCUT2D eigenvalue weighted by Gasteiger charge is 2.08. The number of alkyl halides is 1. The zero-order valence-electron chi connectivity index (χ0n) is 9.50. The van der Waals surface area contributed by atoms with Gasteiger partial charge in [0, 0.05) is 0 Å². The van der Waals surface area contributed by atoms with Crippen molar-refractivity contribution in [2.24, 2.45) is 0 Å². The Morgan fingerprint density at radius 2 is 2.00 bits per heavy atom. The highest BCUT2D eigenvalue weighted by atomic mass is 35.5. The molecule has 0 saturated heterocycles. The third-order valence-corrected chi connectivity index (χ3v) is 2.39. The summed E-state index contributed by atoms with van der Waals surface area (Å²) < 4.78 is 4.90. The van der Waals surface area contributed by atoms with Gasteiger partial charge in [0.1, 0.15) is 0 Å². The standard InChI is InChI=1S/C13H15ClO2/c1-3-16-13(15)12(9-14)8-11-6-4-10(2)5-7-11/h4-8H,3,9H2,1-2H3/b12-8-. The molecule has 0 bridgehead atoms. The summed E-state index contributed by atoms with van der Waals surface area (Å²) in [6.45, 7) is 4.15. The molecule has 1 rings (SSSR count). The van der Waals surface area contributed by atoms with E-state index in [9.17, 15) is 4.79 Å². The van der Waals surface area contributed by atoms with Crippen LogP contribution in [0.15, 0.2) is 29.8 Å². The number of hydrogen-bond acceptors (Lipinski definition) is 2. The van der Waals surface area contributed by atoms with Crippen molar-refractivity contribution in [1.29, 1.82) is 0 Å². The van der Waals surface area contributed by atoms with Gasteiger partial charge in [0.2, 0.25) is 0 Å². The van der Waals surface area contributed by atoms with Crippen molar-refractivity contribution in [1.82, 2.24) is 0 Å². The van der Waals surface area contributed by atoms with Crippen LogP contribution in [0.5, 0.6) is 0 Å². The Morgan fingerprint density at radius 3 is 2.50 bits per heavy atom. The molecule has 0 aromatic heterocycles. The molecule has 0 aliphatic carbocycles. The van der Waals surface area contributed by atoms with Crippen molar-refractivity contribution in [2.75, 3.05) is 12.5 Å². The van der Waals surface area contributed by atoms with Crippen LogP contribution < -0.4 is 0 Å². The molecule has 2 nitrogen and oxygen atoms in total. The summed E-state index contributed by atoms with van der Waals surface area (Å²) in [6.07, 6.45) is 1.75. The molecule has 0 aliphatic heterocycles. The van der Waals surface area contributed by atoms with E-state index in [0.29, 0.717) is 12.2 Å². The first kappa shape index (κ1) is 12.8. The highest BCUT2D eigenvalue weighted by Crippen LogP contribution is 2.11. The summed E-state index contributed by atoms with van der Waals surface area (Å²) in [6, 6.07) is 7.87. The van der Waals surface area contributed by atoms with Gasteiger partial charge in [-0.05, 0) is 25.5 Å². The van der Waals surface area contributed by atoms with Crippen molar-refractivity contribution in [3.8, 4) is 0 Å². The number of aryl methyl sites for hydroxylation is 1. The number of benzene rings is 1. The van der Waals surface area contributed by atoms with E-state index in [4.69, 9.17) is 16.3 Å². The number of ether oxygens (including phenoxy) is 1. The summed E-state index contributed by atoms with van der Waals surface area (Å²) in [5, 5.41) is 0. The Hall–Kier alpha value is -1.28. The van der Waals surface area contributed by atoms with Gasteiger partial charge in [-0.3, -0.25) is 0 Å². The van der Waals surface area contributed by atoms with Gasteiger partial charge >= 0.3 is 5.97 Å². The normalized spacial score (nSPS) is 11.3. The molecular weight excluding hydrogens is 224 g/mol. The maximum Gasteiger partial charge on any atom is 0.335 e. The maximum atomic E-state index is 11.5. The highest BCUT2D eigenvalue weighted by molar-refractivity contribution is 6.23. The molecule has 0 amide bonds. The molecule has 16 heavy (non-hydrogen) atoms. The van der Waals surface area contributed by atoms with Gasteiger partial charge in [0.25, 0.3) is 0 Å². The lowest BCUT2D eigenvalue weighted by molar-refractivity contribution is -0.138. The van der Waals surface area contributed by atoms with Crippen LogP contribution in [-0.4, -0.2) is 18.5 Å². The second-order valence-corrected chi connectivity index (χ2v) is 3.70. The molecule has 0 atom stereocenters. The van der Waals surface area contributed by atoms with Gasteiger partial charge in [-0.2, -0.15) is 0 Å². The minimum absolute atomic E-state index is 0.159. The second kappa shape index (κ2) is 6.33. The fraction of sp³-hybridized carbons (Fsp3) is 0.308. The maximum absolute atomic E-state index is 11.5. The first-order chi connectivity index (χ1) is 7.67. The Kier molecular flexibility index (Phi) is 5.06. The Morgan fingerprint density at radius 1 is 1.38 bits per heavy atom. The zero-order chi connectivity index (χ0) is 12.0. The first-order valence-electron chi connectivity index (χ1n) is 5.17. The molecule has 86 valence electrons. The van der Waals surface area contributed by atoms with E-state index >= 15 is 0 Å². The van der Waals surface area contributed by atoms with Gasteiger partial charge in [0.05, 0.1) is 18.1 Å². The number of hydrogen-bond donors (Lipinski definition) is 0. The van der Waals surface area contributed by atoms with Crippen LogP contribution in [-0.2, 0) is 9.53 Å².